The fraction of sp³-hybridized carbons (Fsp3) is 0.333. The van der Waals surface area contributed by atoms with Gasteiger partial charge >= 0.3 is 0 Å². The Hall–Kier alpha value is -2.14. The van der Waals surface area contributed by atoms with Crippen LogP contribution >= 0.6 is 0 Å². The van der Waals surface area contributed by atoms with Crippen LogP contribution in [0.15, 0.2) is 35.3 Å². The van der Waals surface area contributed by atoms with E-state index in [2.05, 4.69) is 10.3 Å². The van der Waals surface area contributed by atoms with Crippen molar-refractivity contribution >= 4 is 16.8 Å². The Bertz CT molecular complexity index is 676. The molecule has 1 amide bonds. The number of rotatable bonds is 4. The maximum absolute atomic E-state index is 12.3. The van der Waals surface area contributed by atoms with Gasteiger partial charge in [-0.1, -0.05) is 26.0 Å². The van der Waals surface area contributed by atoms with Gasteiger partial charge < -0.3 is 15.4 Å². The number of nitrogens with one attached hydrogen (secondary N) is 2. The summed E-state index contributed by atoms with van der Waals surface area (Å²) in [6.45, 7) is 3.63. The van der Waals surface area contributed by atoms with Gasteiger partial charge in [0.15, 0.2) is 0 Å². The highest BCUT2D eigenvalue weighted by atomic mass is 16.3. The van der Waals surface area contributed by atoms with Gasteiger partial charge in [-0.05, 0) is 18.1 Å². The molecule has 0 aliphatic carbocycles. The number of para-hydroxylation sites is 1. The normalized spacial score (nSPS) is 12.6. The first-order chi connectivity index (χ1) is 9.54. The molecule has 0 saturated heterocycles. The average molecular weight is 274 g/mol. The molecule has 0 aliphatic heterocycles. The molecule has 0 radical (unpaired) electrons. The maximum atomic E-state index is 12.3. The highest BCUT2D eigenvalue weighted by Gasteiger charge is 2.18. The smallest absolute Gasteiger partial charge is 0.257 e. The molecule has 0 spiro atoms. The summed E-state index contributed by atoms with van der Waals surface area (Å²) in [5.41, 5.74) is 0.441. The van der Waals surface area contributed by atoms with Crippen LogP contribution < -0.4 is 10.7 Å². The van der Waals surface area contributed by atoms with E-state index in [-0.39, 0.29) is 29.6 Å². The number of hydrogen-bond acceptors (Lipinski definition) is 3. The van der Waals surface area contributed by atoms with Crippen LogP contribution in [0.3, 0.4) is 0 Å². The highest BCUT2D eigenvalue weighted by Crippen LogP contribution is 2.08. The van der Waals surface area contributed by atoms with Gasteiger partial charge in [-0.25, -0.2) is 0 Å². The number of benzene rings is 1. The molecule has 1 aromatic heterocycles. The summed E-state index contributed by atoms with van der Waals surface area (Å²) in [5, 5.41) is 12.4. The minimum atomic E-state index is -0.468. The van der Waals surface area contributed by atoms with E-state index in [1.807, 2.05) is 19.9 Å². The number of carbonyl (C=O) groups is 1. The van der Waals surface area contributed by atoms with Gasteiger partial charge in [-0.2, -0.15) is 0 Å². The molecule has 0 saturated carbocycles. The fourth-order valence-corrected chi connectivity index (χ4v) is 2.01. The Kier molecular flexibility index (Phi) is 4.20. The van der Waals surface area contributed by atoms with E-state index in [0.717, 1.165) is 0 Å². The Labute approximate surface area is 116 Å². The number of H-pyrrole nitrogens is 1. The van der Waals surface area contributed by atoms with Crippen molar-refractivity contribution in [1.29, 1.82) is 0 Å². The van der Waals surface area contributed by atoms with Crippen molar-refractivity contribution in [2.45, 2.75) is 19.9 Å². The molecular formula is C15H18N2O3. The molecule has 1 aromatic carbocycles. The predicted octanol–water partition coefficient (Wildman–Crippen LogP) is 1.27. The molecule has 2 aromatic rings. The van der Waals surface area contributed by atoms with Crippen LogP contribution in [0.5, 0.6) is 0 Å². The summed E-state index contributed by atoms with van der Waals surface area (Å²) in [6.07, 6.45) is 1.41. The van der Waals surface area contributed by atoms with E-state index >= 15 is 0 Å². The summed E-state index contributed by atoms with van der Waals surface area (Å²) < 4.78 is 0. The number of fused-ring (bicyclic) bond motifs is 1. The Morgan fingerprint density at radius 1 is 1.35 bits per heavy atom. The number of pyridine rings is 1. The van der Waals surface area contributed by atoms with Gasteiger partial charge in [-0.3, -0.25) is 9.59 Å². The van der Waals surface area contributed by atoms with Gasteiger partial charge in [0.25, 0.3) is 5.91 Å². The van der Waals surface area contributed by atoms with Crippen molar-refractivity contribution < 1.29 is 9.90 Å². The molecule has 3 N–H and O–H groups in total. The molecule has 2 rings (SSSR count). The summed E-state index contributed by atoms with van der Waals surface area (Å²) >= 11 is 0. The quantitative estimate of drug-likeness (QED) is 0.785. The van der Waals surface area contributed by atoms with E-state index in [9.17, 15) is 14.7 Å². The summed E-state index contributed by atoms with van der Waals surface area (Å²) in [7, 11) is 0. The van der Waals surface area contributed by atoms with E-state index in [1.165, 1.54) is 6.20 Å². The lowest BCUT2D eigenvalue weighted by atomic mass is 10.0. The maximum Gasteiger partial charge on any atom is 0.257 e. The largest absolute Gasteiger partial charge is 0.394 e. The van der Waals surface area contributed by atoms with Gasteiger partial charge in [0.05, 0.1) is 12.6 Å². The zero-order chi connectivity index (χ0) is 14.7. The minimum absolute atomic E-state index is 0.0581. The number of carbonyl (C=O) groups excluding carboxylic acids is 1. The van der Waals surface area contributed by atoms with E-state index in [0.29, 0.717) is 10.9 Å². The highest BCUT2D eigenvalue weighted by molar-refractivity contribution is 5.97. The first-order valence-corrected chi connectivity index (χ1v) is 6.56. The Morgan fingerprint density at radius 3 is 2.70 bits per heavy atom. The number of hydrogen-bond donors (Lipinski definition) is 3. The molecule has 1 heterocycles. The zero-order valence-electron chi connectivity index (χ0n) is 11.5. The second-order valence-corrected chi connectivity index (χ2v) is 5.08. The minimum Gasteiger partial charge on any atom is -0.394 e. The molecule has 0 aliphatic rings. The van der Waals surface area contributed by atoms with Crippen molar-refractivity contribution in [3.8, 4) is 0 Å². The third-order valence-corrected chi connectivity index (χ3v) is 3.35. The van der Waals surface area contributed by atoms with Crippen LogP contribution in [0.4, 0.5) is 0 Å². The van der Waals surface area contributed by atoms with Gasteiger partial charge in [0, 0.05) is 17.1 Å². The average Bonchev–Trinajstić information content (AvgIpc) is 2.44. The first-order valence-electron chi connectivity index (χ1n) is 6.56. The monoisotopic (exact) mass is 274 g/mol. The van der Waals surface area contributed by atoms with Crippen molar-refractivity contribution in [3.63, 3.8) is 0 Å². The van der Waals surface area contributed by atoms with Crippen LogP contribution in [-0.2, 0) is 0 Å². The third kappa shape index (κ3) is 2.72. The van der Waals surface area contributed by atoms with Crippen molar-refractivity contribution in [2.75, 3.05) is 6.61 Å². The lowest BCUT2D eigenvalue weighted by molar-refractivity contribution is 0.0895. The van der Waals surface area contributed by atoms with E-state index < -0.39 is 5.91 Å². The molecule has 5 heteroatoms. The lowest BCUT2D eigenvalue weighted by Crippen LogP contribution is -2.42. The van der Waals surface area contributed by atoms with Crippen LogP contribution in [0, 0.1) is 5.92 Å². The third-order valence-electron chi connectivity index (χ3n) is 3.35. The van der Waals surface area contributed by atoms with E-state index in [4.69, 9.17) is 0 Å². The number of aliphatic hydroxyl groups is 1. The first kappa shape index (κ1) is 14.3. The molecular weight excluding hydrogens is 256 g/mol. The number of aromatic nitrogens is 1. The SMILES string of the molecule is CC(C)C(CO)NC(=O)c1c[nH]c2ccccc2c1=O. The second kappa shape index (κ2) is 5.88. The summed E-state index contributed by atoms with van der Waals surface area (Å²) in [5.74, 6) is -0.381. The fourth-order valence-electron chi connectivity index (χ4n) is 2.01. The molecule has 106 valence electrons. The van der Waals surface area contributed by atoms with Crippen molar-refractivity contribution in [1.82, 2.24) is 10.3 Å². The number of amides is 1. The Morgan fingerprint density at radius 2 is 2.05 bits per heavy atom. The lowest BCUT2D eigenvalue weighted by Gasteiger charge is -2.19. The molecule has 0 fully saturated rings. The van der Waals surface area contributed by atoms with Crippen molar-refractivity contribution in [2.24, 2.45) is 5.92 Å². The molecule has 1 unspecified atom stereocenters. The van der Waals surface area contributed by atoms with Gasteiger partial charge in [0.1, 0.15) is 5.56 Å². The molecule has 1 atom stereocenters. The molecule has 20 heavy (non-hydrogen) atoms. The van der Waals surface area contributed by atoms with Crippen LogP contribution in [0.2, 0.25) is 0 Å². The van der Waals surface area contributed by atoms with Crippen LogP contribution in [-0.4, -0.2) is 28.6 Å². The van der Waals surface area contributed by atoms with Crippen LogP contribution in [0.25, 0.3) is 10.9 Å². The molecule has 0 bridgehead atoms. The number of aromatic amines is 1. The standard InChI is InChI=1S/C15H18N2O3/c1-9(2)13(8-18)17-15(20)11-7-16-12-6-4-3-5-10(12)14(11)19/h3-7,9,13,18H,8H2,1-2H3,(H,16,19)(H,17,20). The summed E-state index contributed by atoms with van der Waals surface area (Å²) in [6, 6.07) is 6.66. The van der Waals surface area contributed by atoms with E-state index in [1.54, 1.807) is 18.2 Å². The number of aliphatic hydroxyl groups excluding tert-OH is 1. The van der Waals surface area contributed by atoms with Gasteiger partial charge in [-0.15, -0.1) is 0 Å². The second-order valence-electron chi connectivity index (χ2n) is 5.08. The molecule has 5 nitrogen and oxygen atoms in total. The summed E-state index contributed by atoms with van der Waals surface area (Å²) in [4.78, 5) is 27.3. The topological polar surface area (TPSA) is 82.2 Å². The Balaban J connectivity index is 2.36. The zero-order valence-corrected chi connectivity index (χ0v) is 11.5. The van der Waals surface area contributed by atoms with Gasteiger partial charge in [0.2, 0.25) is 5.43 Å². The van der Waals surface area contributed by atoms with Crippen LogP contribution in [0.1, 0.15) is 24.2 Å². The predicted molar refractivity (Wildman–Crippen MR) is 77.7 cm³/mol. The van der Waals surface area contributed by atoms with Crippen molar-refractivity contribution in [3.05, 3.63) is 46.2 Å².